The maximum Gasteiger partial charge on any atom is 2.00 e. The van der Waals surface area contributed by atoms with E-state index in [1.54, 1.807) is 0 Å². The molecule has 9 heteroatoms. The molecule has 0 amide bonds. The zero-order chi connectivity index (χ0) is 24.8. The standard InChI is InChI=1S/2C12H20O4.2CH4.Sn/c2*1-10(2)6-4-3-5-9-16-12(15)8-7-11(13)14;;;/h2*7-8,10H,3-6,9H2,1-2H3,(H,13,14);2*1H4;/q;;;;+2/p-2/b2*8-7-;;;. The largest absolute Gasteiger partial charge is 2.00 e. The molecule has 0 N–H and O–H groups in total. The van der Waals surface area contributed by atoms with Crippen molar-refractivity contribution >= 4 is 47.8 Å². The molecule has 35 heavy (non-hydrogen) atoms. The predicted molar refractivity (Wildman–Crippen MR) is 136 cm³/mol. The van der Waals surface area contributed by atoms with Crippen LogP contribution in [0.1, 0.15) is 93.9 Å². The van der Waals surface area contributed by atoms with E-state index in [2.05, 4.69) is 27.7 Å². The molecule has 0 aromatic carbocycles. The molecule has 0 rings (SSSR count). The summed E-state index contributed by atoms with van der Waals surface area (Å²) in [5, 5.41) is 20.0. The van der Waals surface area contributed by atoms with Crippen LogP contribution in [0.15, 0.2) is 24.3 Å². The minimum Gasteiger partial charge on any atom is -0.545 e. The van der Waals surface area contributed by atoms with Crippen LogP contribution in [0.4, 0.5) is 0 Å². The molecule has 202 valence electrons. The molecule has 0 aromatic rings. The van der Waals surface area contributed by atoms with Gasteiger partial charge in [-0.15, -0.1) is 0 Å². The number of carboxylic acid groups (broad SMARTS) is 2. The average Bonchev–Trinajstić information content (AvgIpc) is 2.70. The summed E-state index contributed by atoms with van der Waals surface area (Å²) >= 11 is 0. The molecule has 0 aliphatic rings. The third kappa shape index (κ3) is 42.7. The number of esters is 2. The summed E-state index contributed by atoms with van der Waals surface area (Å²) in [7, 11) is 0. The van der Waals surface area contributed by atoms with Gasteiger partial charge in [-0.25, -0.2) is 9.59 Å². The molecular formula is C26H46O8Sn. The molecule has 0 bridgehead atoms. The number of carboxylic acids is 2. The number of carbonyl (C=O) groups is 4. The van der Waals surface area contributed by atoms with Gasteiger partial charge in [-0.2, -0.15) is 0 Å². The number of carbonyl (C=O) groups excluding carboxylic acids is 4. The second-order valence-corrected chi connectivity index (χ2v) is 8.13. The van der Waals surface area contributed by atoms with Crippen LogP contribution < -0.4 is 10.2 Å². The van der Waals surface area contributed by atoms with E-state index < -0.39 is 23.9 Å². The first-order chi connectivity index (χ1) is 15.0. The minimum atomic E-state index is -1.39. The fraction of sp³-hybridized carbons (Fsp3) is 0.692. The van der Waals surface area contributed by atoms with E-state index in [0.29, 0.717) is 37.2 Å². The van der Waals surface area contributed by atoms with Crippen molar-refractivity contribution in [1.82, 2.24) is 0 Å². The molecule has 0 fully saturated rings. The van der Waals surface area contributed by atoms with Crippen molar-refractivity contribution in [2.24, 2.45) is 11.8 Å². The van der Waals surface area contributed by atoms with Crippen LogP contribution in [-0.2, 0) is 28.7 Å². The summed E-state index contributed by atoms with van der Waals surface area (Å²) in [6, 6.07) is 0. The van der Waals surface area contributed by atoms with Gasteiger partial charge in [0.15, 0.2) is 0 Å². The molecule has 0 aliphatic heterocycles. The quantitative estimate of drug-likeness (QED) is 0.114. The van der Waals surface area contributed by atoms with E-state index in [9.17, 15) is 29.4 Å². The van der Waals surface area contributed by atoms with Gasteiger partial charge in [0.2, 0.25) is 0 Å². The second kappa shape index (κ2) is 30.2. The van der Waals surface area contributed by atoms with Crippen LogP contribution in [0.2, 0.25) is 0 Å². The van der Waals surface area contributed by atoms with Crippen molar-refractivity contribution in [2.75, 3.05) is 13.2 Å². The normalized spacial score (nSPS) is 10.0. The van der Waals surface area contributed by atoms with Gasteiger partial charge in [-0.3, -0.25) is 0 Å². The first-order valence-corrected chi connectivity index (χ1v) is 11.2. The van der Waals surface area contributed by atoms with Gasteiger partial charge in [-0.1, -0.05) is 81.1 Å². The van der Waals surface area contributed by atoms with Crippen LogP contribution in [-0.4, -0.2) is 61.0 Å². The molecule has 0 unspecified atom stereocenters. The predicted octanol–water partition coefficient (Wildman–Crippen LogP) is 3.00. The fourth-order valence-electron chi connectivity index (χ4n) is 2.38. The second-order valence-electron chi connectivity index (χ2n) is 8.13. The molecule has 0 spiro atoms. The Kier molecular flexibility index (Phi) is 37.3. The Morgan fingerprint density at radius 1 is 0.600 bits per heavy atom. The van der Waals surface area contributed by atoms with Crippen LogP contribution in [0.3, 0.4) is 0 Å². The first kappa shape index (κ1) is 43.2. The molecule has 0 aliphatic carbocycles. The van der Waals surface area contributed by atoms with Crippen molar-refractivity contribution < 1.29 is 38.9 Å². The maximum absolute atomic E-state index is 10.9. The van der Waals surface area contributed by atoms with Crippen molar-refractivity contribution in [3.05, 3.63) is 24.3 Å². The number of ether oxygens (including phenoxy) is 2. The zero-order valence-corrected chi connectivity index (χ0v) is 23.2. The van der Waals surface area contributed by atoms with Crippen LogP contribution >= 0.6 is 0 Å². The summed E-state index contributed by atoms with van der Waals surface area (Å²) in [4.78, 5) is 41.7. The van der Waals surface area contributed by atoms with Crippen molar-refractivity contribution in [3.63, 3.8) is 0 Å². The molecular weight excluding hydrogens is 559 g/mol. The first-order valence-electron chi connectivity index (χ1n) is 11.2. The zero-order valence-electron chi connectivity index (χ0n) is 20.3. The Bertz CT molecular complexity index is 546. The molecule has 0 aromatic heterocycles. The number of rotatable bonds is 16. The van der Waals surface area contributed by atoms with Crippen molar-refractivity contribution in [3.8, 4) is 0 Å². The van der Waals surface area contributed by atoms with Crippen molar-refractivity contribution in [2.45, 2.75) is 93.9 Å². The molecule has 0 saturated heterocycles. The van der Waals surface area contributed by atoms with E-state index in [1.165, 1.54) is 12.8 Å². The van der Waals surface area contributed by atoms with Gasteiger partial charge in [-0.05, 0) is 36.8 Å². The summed E-state index contributed by atoms with van der Waals surface area (Å²) in [6.07, 6.45) is 11.4. The Balaban J connectivity index is -0.000000158. The number of hydrogen-bond donors (Lipinski definition) is 0. The fourth-order valence-corrected chi connectivity index (χ4v) is 2.38. The van der Waals surface area contributed by atoms with Crippen LogP contribution in [0.25, 0.3) is 0 Å². The number of hydrogen-bond acceptors (Lipinski definition) is 8. The molecule has 8 nitrogen and oxygen atoms in total. The Hall–Kier alpha value is -1.84. The molecule has 0 saturated carbocycles. The summed E-state index contributed by atoms with van der Waals surface area (Å²) in [6.45, 7) is 9.37. The minimum absolute atomic E-state index is 0. The monoisotopic (exact) mass is 606 g/mol. The molecule has 0 atom stereocenters. The van der Waals surface area contributed by atoms with Crippen LogP contribution in [0.5, 0.6) is 0 Å². The topological polar surface area (TPSA) is 133 Å². The number of aliphatic carboxylic acids is 2. The van der Waals surface area contributed by atoms with Gasteiger partial charge in [0.25, 0.3) is 0 Å². The van der Waals surface area contributed by atoms with E-state index in [-0.39, 0.29) is 38.8 Å². The smallest absolute Gasteiger partial charge is 0.545 e. The van der Waals surface area contributed by atoms with Crippen molar-refractivity contribution in [1.29, 1.82) is 0 Å². The summed E-state index contributed by atoms with van der Waals surface area (Å²) in [5.41, 5.74) is 0. The van der Waals surface area contributed by atoms with Crippen LogP contribution in [0, 0.1) is 11.8 Å². The Morgan fingerprint density at radius 2 is 0.914 bits per heavy atom. The maximum atomic E-state index is 10.9. The number of unbranched alkanes of at least 4 members (excludes halogenated alkanes) is 4. The SMILES string of the molecule is C.C.CC(C)CCCCCOC(=O)/C=C\C(=O)[O-].CC(C)CCCCCOC(=O)/C=C\C(=O)[O-].[Sn+2]. The average molecular weight is 605 g/mol. The molecule has 2 radical (unpaired) electrons. The van der Waals surface area contributed by atoms with E-state index in [1.807, 2.05) is 0 Å². The van der Waals surface area contributed by atoms with Gasteiger partial charge >= 0.3 is 35.8 Å². The molecule has 0 heterocycles. The van der Waals surface area contributed by atoms with Gasteiger partial charge < -0.3 is 29.3 Å². The van der Waals surface area contributed by atoms with Gasteiger partial charge in [0.05, 0.1) is 25.2 Å². The third-order valence-corrected chi connectivity index (χ3v) is 4.05. The van der Waals surface area contributed by atoms with Gasteiger partial charge in [0, 0.05) is 12.2 Å². The summed E-state index contributed by atoms with van der Waals surface area (Å²) < 4.78 is 9.57. The van der Waals surface area contributed by atoms with E-state index >= 15 is 0 Å². The Morgan fingerprint density at radius 3 is 1.17 bits per heavy atom. The Labute approximate surface area is 229 Å². The van der Waals surface area contributed by atoms with Gasteiger partial charge in [0.1, 0.15) is 0 Å². The third-order valence-electron chi connectivity index (χ3n) is 4.05. The summed E-state index contributed by atoms with van der Waals surface area (Å²) in [5.74, 6) is -2.65. The van der Waals surface area contributed by atoms with E-state index in [0.717, 1.165) is 50.7 Å². The van der Waals surface area contributed by atoms with E-state index in [4.69, 9.17) is 9.47 Å².